The van der Waals surface area contributed by atoms with Gasteiger partial charge in [-0.15, -0.1) is 0 Å². The van der Waals surface area contributed by atoms with Crippen molar-refractivity contribution in [3.63, 3.8) is 0 Å². The lowest BCUT2D eigenvalue weighted by molar-refractivity contribution is -0.136. The van der Waals surface area contributed by atoms with Crippen LogP contribution in [0.3, 0.4) is 0 Å². The maximum atomic E-state index is 13.7. The SMILES string of the molecule is COc1cc(/C=C/C(=O)Nc2ccc(N3CCN(C)CC3)cc2C(F)(F)F)ccc1OC(F)F. The highest BCUT2D eigenvalue weighted by Crippen LogP contribution is 2.37. The van der Waals surface area contributed by atoms with Crippen molar-refractivity contribution >= 4 is 23.4 Å². The van der Waals surface area contributed by atoms with E-state index in [-0.39, 0.29) is 17.2 Å². The van der Waals surface area contributed by atoms with E-state index < -0.39 is 24.3 Å². The molecule has 6 nitrogen and oxygen atoms in total. The molecule has 1 amide bonds. The van der Waals surface area contributed by atoms with E-state index in [1.807, 2.05) is 11.9 Å². The average molecular weight is 485 g/mol. The van der Waals surface area contributed by atoms with Gasteiger partial charge in [0.2, 0.25) is 5.91 Å². The minimum atomic E-state index is -4.66. The van der Waals surface area contributed by atoms with E-state index in [4.69, 9.17) is 4.74 Å². The third-order valence-corrected chi connectivity index (χ3v) is 5.27. The van der Waals surface area contributed by atoms with Crippen LogP contribution in [-0.2, 0) is 11.0 Å². The van der Waals surface area contributed by atoms with Crippen LogP contribution < -0.4 is 19.7 Å². The monoisotopic (exact) mass is 485 g/mol. The summed E-state index contributed by atoms with van der Waals surface area (Å²) in [6.45, 7) is -0.346. The van der Waals surface area contributed by atoms with Crippen LogP contribution in [0.5, 0.6) is 11.5 Å². The van der Waals surface area contributed by atoms with Crippen molar-refractivity contribution in [3.05, 3.63) is 53.6 Å². The van der Waals surface area contributed by atoms with Gasteiger partial charge in [-0.05, 0) is 49.0 Å². The Morgan fingerprint density at radius 2 is 1.76 bits per heavy atom. The Balaban J connectivity index is 1.75. The molecule has 1 fully saturated rings. The maximum absolute atomic E-state index is 13.7. The Labute approximate surface area is 193 Å². The molecule has 1 N–H and O–H groups in total. The molecule has 11 heteroatoms. The number of anilines is 2. The van der Waals surface area contributed by atoms with Gasteiger partial charge in [-0.1, -0.05) is 6.07 Å². The molecule has 2 aromatic rings. The number of carbonyl (C=O) groups is 1. The molecule has 0 saturated carbocycles. The molecular weight excluding hydrogens is 461 g/mol. The zero-order chi connectivity index (χ0) is 24.9. The number of halogens is 5. The molecule has 0 spiro atoms. The Kier molecular flexibility index (Phi) is 7.98. The molecule has 184 valence electrons. The number of piperazine rings is 1. The Morgan fingerprint density at radius 1 is 1.06 bits per heavy atom. The summed E-state index contributed by atoms with van der Waals surface area (Å²) < 4.78 is 75.3. The van der Waals surface area contributed by atoms with Crippen LogP contribution in [-0.4, -0.2) is 57.8 Å². The molecule has 0 radical (unpaired) electrons. The molecule has 0 aliphatic carbocycles. The first kappa shape index (κ1) is 25.3. The number of ether oxygens (including phenoxy) is 2. The van der Waals surface area contributed by atoms with Gasteiger partial charge in [0, 0.05) is 37.9 Å². The fraction of sp³-hybridized carbons (Fsp3) is 0.348. The van der Waals surface area contributed by atoms with Crippen LogP contribution in [0, 0.1) is 0 Å². The summed E-state index contributed by atoms with van der Waals surface area (Å²) in [5, 5.41) is 2.26. The van der Waals surface area contributed by atoms with Gasteiger partial charge in [0.25, 0.3) is 0 Å². The minimum Gasteiger partial charge on any atom is -0.493 e. The second-order valence-electron chi connectivity index (χ2n) is 7.63. The number of nitrogens with one attached hydrogen (secondary N) is 1. The molecule has 34 heavy (non-hydrogen) atoms. The van der Waals surface area contributed by atoms with E-state index in [1.165, 1.54) is 37.5 Å². The van der Waals surface area contributed by atoms with Crippen LogP contribution in [0.25, 0.3) is 6.08 Å². The molecule has 1 aliphatic heterocycles. The standard InChI is InChI=1S/C23H24F5N3O3/c1-30-9-11-31(12-10-30)16-5-6-18(17(14-16)23(26,27)28)29-21(32)8-4-15-3-7-19(34-22(24)25)20(13-15)33-2/h3-8,13-14,22H,9-12H2,1-2H3,(H,29,32)/b8-4+. The zero-order valence-electron chi connectivity index (χ0n) is 18.5. The molecular formula is C23H24F5N3O3. The van der Waals surface area contributed by atoms with Crippen LogP contribution in [0.4, 0.5) is 33.3 Å². The van der Waals surface area contributed by atoms with Crippen molar-refractivity contribution in [3.8, 4) is 11.5 Å². The Bertz CT molecular complexity index is 1030. The lowest BCUT2D eigenvalue weighted by Crippen LogP contribution is -2.44. The normalized spacial score (nSPS) is 15.1. The van der Waals surface area contributed by atoms with E-state index >= 15 is 0 Å². The summed E-state index contributed by atoms with van der Waals surface area (Å²) in [6, 6.07) is 7.82. The van der Waals surface area contributed by atoms with Gasteiger partial charge in [0.05, 0.1) is 18.4 Å². The van der Waals surface area contributed by atoms with Crippen molar-refractivity contribution in [1.82, 2.24) is 4.90 Å². The topological polar surface area (TPSA) is 54.0 Å². The third kappa shape index (κ3) is 6.60. The Morgan fingerprint density at radius 3 is 2.38 bits per heavy atom. The smallest absolute Gasteiger partial charge is 0.418 e. The predicted octanol–water partition coefficient (Wildman–Crippen LogP) is 4.72. The van der Waals surface area contributed by atoms with Gasteiger partial charge in [0.15, 0.2) is 11.5 Å². The van der Waals surface area contributed by atoms with Gasteiger partial charge in [-0.2, -0.15) is 22.0 Å². The molecule has 0 aromatic heterocycles. The number of carbonyl (C=O) groups excluding carboxylic acids is 1. The number of hydrogen-bond acceptors (Lipinski definition) is 5. The third-order valence-electron chi connectivity index (χ3n) is 5.27. The molecule has 3 rings (SSSR count). The zero-order valence-corrected chi connectivity index (χ0v) is 18.5. The minimum absolute atomic E-state index is 0.0155. The summed E-state index contributed by atoms with van der Waals surface area (Å²) in [5.74, 6) is -0.958. The van der Waals surface area contributed by atoms with E-state index in [2.05, 4.69) is 15.0 Å². The first-order valence-electron chi connectivity index (χ1n) is 10.3. The largest absolute Gasteiger partial charge is 0.493 e. The fourth-order valence-corrected chi connectivity index (χ4v) is 3.46. The summed E-state index contributed by atoms with van der Waals surface area (Å²) in [5.41, 5.74) is -0.471. The van der Waals surface area contributed by atoms with Crippen LogP contribution in [0.1, 0.15) is 11.1 Å². The van der Waals surface area contributed by atoms with Crippen LogP contribution in [0.2, 0.25) is 0 Å². The lowest BCUT2D eigenvalue weighted by Gasteiger charge is -2.34. The maximum Gasteiger partial charge on any atom is 0.418 e. The molecule has 1 aliphatic rings. The number of alkyl halides is 5. The van der Waals surface area contributed by atoms with Gasteiger partial charge in [-0.3, -0.25) is 4.79 Å². The van der Waals surface area contributed by atoms with Crippen molar-refractivity contribution in [2.75, 3.05) is 50.6 Å². The predicted molar refractivity (Wildman–Crippen MR) is 118 cm³/mol. The van der Waals surface area contributed by atoms with Gasteiger partial charge in [0.1, 0.15) is 0 Å². The number of hydrogen-bond donors (Lipinski definition) is 1. The van der Waals surface area contributed by atoms with Crippen LogP contribution >= 0.6 is 0 Å². The Hall–Kier alpha value is -3.34. The number of rotatable bonds is 7. The second kappa shape index (κ2) is 10.7. The number of methoxy groups -OCH3 is 1. The van der Waals surface area contributed by atoms with Crippen LogP contribution in [0.15, 0.2) is 42.5 Å². The van der Waals surface area contributed by atoms with Gasteiger partial charge in [-0.25, -0.2) is 0 Å². The summed E-state index contributed by atoms with van der Waals surface area (Å²) in [6.07, 6.45) is -2.31. The van der Waals surface area contributed by atoms with Gasteiger partial charge >= 0.3 is 12.8 Å². The van der Waals surface area contributed by atoms with E-state index in [0.717, 1.165) is 25.2 Å². The quantitative estimate of drug-likeness (QED) is 0.455. The molecule has 1 saturated heterocycles. The first-order chi connectivity index (χ1) is 16.1. The first-order valence-corrected chi connectivity index (χ1v) is 10.3. The van der Waals surface area contributed by atoms with Crippen molar-refractivity contribution in [1.29, 1.82) is 0 Å². The fourth-order valence-electron chi connectivity index (χ4n) is 3.46. The van der Waals surface area contributed by atoms with Crippen molar-refractivity contribution < 1.29 is 36.2 Å². The van der Waals surface area contributed by atoms with E-state index in [1.54, 1.807) is 6.07 Å². The average Bonchev–Trinajstić information content (AvgIpc) is 2.78. The van der Waals surface area contributed by atoms with Gasteiger partial charge < -0.3 is 24.6 Å². The highest BCUT2D eigenvalue weighted by Gasteiger charge is 2.34. The molecule has 0 bridgehead atoms. The highest BCUT2D eigenvalue weighted by atomic mass is 19.4. The summed E-state index contributed by atoms with van der Waals surface area (Å²) in [7, 11) is 3.21. The number of nitrogens with zero attached hydrogens (tertiary/aromatic N) is 2. The van der Waals surface area contributed by atoms with E-state index in [0.29, 0.717) is 24.3 Å². The number of amides is 1. The van der Waals surface area contributed by atoms with Crippen molar-refractivity contribution in [2.24, 2.45) is 0 Å². The highest BCUT2D eigenvalue weighted by molar-refractivity contribution is 6.02. The van der Waals surface area contributed by atoms with E-state index in [9.17, 15) is 26.7 Å². The summed E-state index contributed by atoms with van der Waals surface area (Å²) in [4.78, 5) is 16.3. The van der Waals surface area contributed by atoms with Crippen molar-refractivity contribution in [2.45, 2.75) is 12.8 Å². The molecule has 0 unspecified atom stereocenters. The lowest BCUT2D eigenvalue weighted by atomic mass is 10.1. The number of likely N-dealkylation sites (N-methyl/N-ethyl adjacent to an activating group) is 1. The molecule has 1 heterocycles. The summed E-state index contributed by atoms with van der Waals surface area (Å²) >= 11 is 0. The molecule has 0 atom stereocenters. The molecule has 2 aromatic carbocycles. The second-order valence-corrected chi connectivity index (χ2v) is 7.63. The number of benzene rings is 2.